The summed E-state index contributed by atoms with van der Waals surface area (Å²) in [5, 5.41) is 12.4. The Labute approximate surface area is 118 Å². The predicted octanol–water partition coefficient (Wildman–Crippen LogP) is 3.35. The van der Waals surface area contributed by atoms with Crippen LogP contribution in [0.2, 0.25) is 0 Å². The summed E-state index contributed by atoms with van der Waals surface area (Å²) in [5.41, 5.74) is 1.33. The molecule has 17 heavy (non-hydrogen) atoms. The first kappa shape index (κ1) is 14.9. The Morgan fingerprint density at radius 2 is 1.88 bits per heavy atom. The van der Waals surface area contributed by atoms with E-state index in [0.717, 1.165) is 19.4 Å². The summed E-state index contributed by atoms with van der Waals surface area (Å²) in [6, 6.07) is 9.03. The molecule has 0 heterocycles. The van der Waals surface area contributed by atoms with E-state index in [0.29, 0.717) is 18.6 Å². The Hall–Kier alpha value is -0.130. The van der Waals surface area contributed by atoms with Gasteiger partial charge in [-0.2, -0.15) is 0 Å². The molecule has 2 atom stereocenters. The van der Waals surface area contributed by atoms with E-state index in [4.69, 9.17) is 5.11 Å². The SMILES string of the molecule is CC(CO)CCCNC(C)c1ccc(I)cc1. The van der Waals surface area contributed by atoms with Crippen LogP contribution in [-0.4, -0.2) is 18.3 Å². The monoisotopic (exact) mass is 347 g/mol. The zero-order valence-electron chi connectivity index (χ0n) is 10.6. The highest BCUT2D eigenvalue weighted by molar-refractivity contribution is 14.1. The third-order valence-electron chi connectivity index (χ3n) is 3.01. The molecule has 1 aromatic carbocycles. The van der Waals surface area contributed by atoms with Gasteiger partial charge < -0.3 is 10.4 Å². The lowest BCUT2D eigenvalue weighted by Crippen LogP contribution is -2.20. The molecule has 0 saturated heterocycles. The fourth-order valence-corrected chi connectivity index (χ4v) is 2.09. The van der Waals surface area contributed by atoms with Gasteiger partial charge in [0.1, 0.15) is 0 Å². The average molecular weight is 347 g/mol. The number of rotatable bonds is 7. The first-order chi connectivity index (χ1) is 8.13. The van der Waals surface area contributed by atoms with E-state index in [1.807, 2.05) is 0 Å². The summed E-state index contributed by atoms with van der Waals surface area (Å²) in [5.74, 6) is 0.422. The first-order valence-electron chi connectivity index (χ1n) is 6.23. The van der Waals surface area contributed by atoms with Crippen molar-refractivity contribution in [1.29, 1.82) is 0 Å². The van der Waals surface area contributed by atoms with E-state index >= 15 is 0 Å². The normalized spacial score (nSPS) is 14.6. The minimum Gasteiger partial charge on any atom is -0.396 e. The van der Waals surface area contributed by atoms with Crippen LogP contribution < -0.4 is 5.32 Å². The zero-order chi connectivity index (χ0) is 12.7. The van der Waals surface area contributed by atoms with Gasteiger partial charge in [0.15, 0.2) is 0 Å². The van der Waals surface area contributed by atoms with Crippen LogP contribution in [-0.2, 0) is 0 Å². The number of hydrogen-bond acceptors (Lipinski definition) is 2. The molecule has 0 aliphatic rings. The Balaban J connectivity index is 2.25. The highest BCUT2D eigenvalue weighted by Gasteiger charge is 2.04. The number of aliphatic hydroxyl groups excluding tert-OH is 1. The van der Waals surface area contributed by atoms with Crippen LogP contribution in [0, 0.1) is 9.49 Å². The summed E-state index contributed by atoms with van der Waals surface area (Å²) in [4.78, 5) is 0. The lowest BCUT2D eigenvalue weighted by Gasteiger charge is -2.15. The van der Waals surface area contributed by atoms with Crippen LogP contribution >= 0.6 is 22.6 Å². The minimum absolute atomic E-state index is 0.298. The highest BCUT2D eigenvalue weighted by atomic mass is 127. The van der Waals surface area contributed by atoms with Crippen molar-refractivity contribution in [3.63, 3.8) is 0 Å². The second-order valence-corrected chi connectivity index (χ2v) is 5.90. The maximum atomic E-state index is 8.93. The fraction of sp³-hybridized carbons (Fsp3) is 0.571. The third kappa shape index (κ3) is 5.84. The Morgan fingerprint density at radius 3 is 2.47 bits per heavy atom. The van der Waals surface area contributed by atoms with Crippen LogP contribution in [0.25, 0.3) is 0 Å². The minimum atomic E-state index is 0.298. The van der Waals surface area contributed by atoms with Crippen LogP contribution in [0.1, 0.15) is 38.3 Å². The number of benzene rings is 1. The maximum absolute atomic E-state index is 8.93. The molecule has 2 nitrogen and oxygen atoms in total. The molecule has 0 aliphatic carbocycles. The van der Waals surface area contributed by atoms with Crippen molar-refractivity contribution >= 4 is 22.6 Å². The molecule has 0 aromatic heterocycles. The molecule has 1 rings (SSSR count). The summed E-state index contributed by atoms with van der Waals surface area (Å²) in [6.07, 6.45) is 2.21. The van der Waals surface area contributed by atoms with E-state index in [1.165, 1.54) is 9.13 Å². The molecule has 0 radical (unpaired) electrons. The smallest absolute Gasteiger partial charge is 0.0456 e. The number of nitrogens with one attached hydrogen (secondary N) is 1. The molecule has 0 aliphatic heterocycles. The number of halogens is 1. The number of hydrogen-bond donors (Lipinski definition) is 2. The van der Waals surface area contributed by atoms with Gasteiger partial charge in [-0.25, -0.2) is 0 Å². The van der Waals surface area contributed by atoms with Gasteiger partial charge in [-0.05, 0) is 72.5 Å². The van der Waals surface area contributed by atoms with Crippen LogP contribution in [0.15, 0.2) is 24.3 Å². The molecule has 2 N–H and O–H groups in total. The van der Waals surface area contributed by atoms with Gasteiger partial charge in [-0.3, -0.25) is 0 Å². The van der Waals surface area contributed by atoms with E-state index in [9.17, 15) is 0 Å². The average Bonchev–Trinajstić information content (AvgIpc) is 2.34. The van der Waals surface area contributed by atoms with E-state index in [2.05, 4.69) is 66.0 Å². The third-order valence-corrected chi connectivity index (χ3v) is 3.73. The van der Waals surface area contributed by atoms with E-state index in [-0.39, 0.29) is 0 Å². The van der Waals surface area contributed by atoms with Crippen molar-refractivity contribution in [3.8, 4) is 0 Å². The molecular weight excluding hydrogens is 325 g/mol. The number of aliphatic hydroxyl groups is 1. The second-order valence-electron chi connectivity index (χ2n) is 4.66. The van der Waals surface area contributed by atoms with E-state index in [1.54, 1.807) is 0 Å². The van der Waals surface area contributed by atoms with Crippen LogP contribution in [0.3, 0.4) is 0 Å². The molecular formula is C14H22INO. The summed E-state index contributed by atoms with van der Waals surface area (Å²) < 4.78 is 1.27. The van der Waals surface area contributed by atoms with Gasteiger partial charge in [0.25, 0.3) is 0 Å². The Bertz CT molecular complexity index is 313. The lowest BCUT2D eigenvalue weighted by molar-refractivity contribution is 0.227. The molecule has 0 amide bonds. The van der Waals surface area contributed by atoms with Crippen molar-refractivity contribution in [2.24, 2.45) is 5.92 Å². The van der Waals surface area contributed by atoms with Crippen molar-refractivity contribution < 1.29 is 5.11 Å². The van der Waals surface area contributed by atoms with Crippen molar-refractivity contribution in [1.82, 2.24) is 5.32 Å². The summed E-state index contributed by atoms with van der Waals surface area (Å²) in [7, 11) is 0. The molecule has 0 fully saturated rings. The van der Waals surface area contributed by atoms with E-state index < -0.39 is 0 Å². The topological polar surface area (TPSA) is 32.3 Å². The second kappa shape index (κ2) is 8.06. The Kier molecular flexibility index (Phi) is 7.08. The lowest BCUT2D eigenvalue weighted by atomic mass is 10.1. The van der Waals surface area contributed by atoms with Crippen molar-refractivity contribution in [2.75, 3.05) is 13.2 Å². The maximum Gasteiger partial charge on any atom is 0.0456 e. The van der Waals surface area contributed by atoms with Crippen molar-refractivity contribution in [2.45, 2.75) is 32.7 Å². The van der Waals surface area contributed by atoms with Gasteiger partial charge in [-0.15, -0.1) is 0 Å². The molecule has 1 aromatic rings. The molecule has 0 saturated carbocycles. The van der Waals surface area contributed by atoms with Gasteiger partial charge in [0.2, 0.25) is 0 Å². The first-order valence-corrected chi connectivity index (χ1v) is 7.31. The molecule has 2 unspecified atom stereocenters. The molecule has 0 bridgehead atoms. The zero-order valence-corrected chi connectivity index (χ0v) is 12.8. The van der Waals surface area contributed by atoms with Gasteiger partial charge in [0, 0.05) is 16.2 Å². The molecule has 96 valence electrons. The largest absolute Gasteiger partial charge is 0.396 e. The standard InChI is InChI=1S/C14H22INO/c1-11(10-17)4-3-9-16-12(2)13-5-7-14(15)8-6-13/h5-8,11-12,16-17H,3-4,9-10H2,1-2H3. The predicted molar refractivity (Wildman–Crippen MR) is 81.1 cm³/mol. The van der Waals surface area contributed by atoms with Crippen molar-refractivity contribution in [3.05, 3.63) is 33.4 Å². The quantitative estimate of drug-likeness (QED) is 0.586. The van der Waals surface area contributed by atoms with Crippen LogP contribution in [0.5, 0.6) is 0 Å². The summed E-state index contributed by atoms with van der Waals surface area (Å²) >= 11 is 2.32. The highest BCUT2D eigenvalue weighted by Crippen LogP contribution is 2.14. The van der Waals surface area contributed by atoms with Gasteiger partial charge >= 0.3 is 0 Å². The Morgan fingerprint density at radius 1 is 1.24 bits per heavy atom. The fourth-order valence-electron chi connectivity index (χ4n) is 1.73. The summed E-state index contributed by atoms with van der Waals surface area (Å²) in [6.45, 7) is 5.59. The van der Waals surface area contributed by atoms with Crippen LogP contribution in [0.4, 0.5) is 0 Å². The molecule has 3 heteroatoms. The molecule has 0 spiro atoms. The van der Waals surface area contributed by atoms with Gasteiger partial charge in [0.05, 0.1) is 0 Å². The van der Waals surface area contributed by atoms with Gasteiger partial charge in [-0.1, -0.05) is 19.1 Å².